The first-order valence-electron chi connectivity index (χ1n) is 6.26. The number of nitrogens with zero attached hydrogens (tertiary/aromatic N) is 2. The standard InChI is InChI=1S/C14H23BrN2O/c1-16(2)10-11-17(3)9-8-14(18)12-6-4-5-7-13(12)15/h4-7,14,18H,8-11H2,1-3H3. The van der Waals surface area contributed by atoms with Crippen LogP contribution in [0.5, 0.6) is 0 Å². The molecular weight excluding hydrogens is 292 g/mol. The first-order chi connectivity index (χ1) is 8.50. The van der Waals surface area contributed by atoms with Gasteiger partial charge in [-0.25, -0.2) is 0 Å². The van der Waals surface area contributed by atoms with Crippen LogP contribution in [0.25, 0.3) is 0 Å². The molecule has 0 aliphatic rings. The Morgan fingerprint density at radius 1 is 1.11 bits per heavy atom. The van der Waals surface area contributed by atoms with Crippen LogP contribution in [-0.4, -0.2) is 55.7 Å². The van der Waals surface area contributed by atoms with Gasteiger partial charge in [0, 0.05) is 24.1 Å². The van der Waals surface area contributed by atoms with Gasteiger partial charge in [-0.05, 0) is 39.2 Å². The van der Waals surface area contributed by atoms with Crippen molar-refractivity contribution in [3.8, 4) is 0 Å². The quantitative estimate of drug-likeness (QED) is 0.837. The SMILES string of the molecule is CN(C)CCN(C)CCC(O)c1ccccc1Br. The van der Waals surface area contributed by atoms with E-state index in [2.05, 4.69) is 46.9 Å². The molecule has 0 saturated heterocycles. The maximum Gasteiger partial charge on any atom is 0.0813 e. The molecule has 1 aromatic carbocycles. The molecule has 1 N–H and O–H groups in total. The molecule has 3 nitrogen and oxygen atoms in total. The van der Waals surface area contributed by atoms with Crippen molar-refractivity contribution >= 4 is 15.9 Å². The third kappa shape index (κ3) is 5.48. The minimum absolute atomic E-state index is 0.401. The van der Waals surface area contributed by atoms with E-state index in [1.165, 1.54) is 0 Å². The van der Waals surface area contributed by atoms with Gasteiger partial charge in [-0.15, -0.1) is 0 Å². The summed E-state index contributed by atoms with van der Waals surface area (Å²) in [5.41, 5.74) is 0.971. The van der Waals surface area contributed by atoms with Gasteiger partial charge in [0.1, 0.15) is 0 Å². The molecule has 1 aromatic rings. The van der Waals surface area contributed by atoms with Gasteiger partial charge in [0.2, 0.25) is 0 Å². The topological polar surface area (TPSA) is 26.7 Å². The molecule has 1 unspecified atom stereocenters. The smallest absolute Gasteiger partial charge is 0.0813 e. The highest BCUT2D eigenvalue weighted by molar-refractivity contribution is 9.10. The van der Waals surface area contributed by atoms with Crippen LogP contribution < -0.4 is 0 Å². The molecular formula is C14H23BrN2O. The number of aliphatic hydroxyl groups excluding tert-OH is 1. The lowest BCUT2D eigenvalue weighted by Crippen LogP contribution is -2.30. The van der Waals surface area contributed by atoms with Gasteiger partial charge in [-0.2, -0.15) is 0 Å². The second-order valence-electron chi connectivity index (χ2n) is 4.93. The first-order valence-corrected chi connectivity index (χ1v) is 7.05. The van der Waals surface area contributed by atoms with E-state index < -0.39 is 6.10 Å². The summed E-state index contributed by atoms with van der Waals surface area (Å²) in [5.74, 6) is 0. The van der Waals surface area contributed by atoms with Gasteiger partial charge in [0.15, 0.2) is 0 Å². The Kier molecular flexibility index (Phi) is 6.86. The van der Waals surface area contributed by atoms with E-state index in [-0.39, 0.29) is 0 Å². The highest BCUT2D eigenvalue weighted by atomic mass is 79.9. The fraction of sp³-hybridized carbons (Fsp3) is 0.571. The number of hydrogen-bond acceptors (Lipinski definition) is 3. The van der Waals surface area contributed by atoms with Crippen LogP contribution in [0.3, 0.4) is 0 Å². The van der Waals surface area contributed by atoms with Crippen LogP contribution >= 0.6 is 15.9 Å². The summed E-state index contributed by atoms with van der Waals surface area (Å²) in [6.45, 7) is 2.97. The molecule has 1 atom stereocenters. The lowest BCUT2D eigenvalue weighted by atomic mass is 10.1. The summed E-state index contributed by atoms with van der Waals surface area (Å²) in [6.07, 6.45) is 0.356. The molecule has 0 amide bonds. The maximum absolute atomic E-state index is 10.2. The van der Waals surface area contributed by atoms with Crippen molar-refractivity contribution < 1.29 is 5.11 Å². The fourth-order valence-electron chi connectivity index (χ4n) is 1.73. The predicted octanol–water partition coefficient (Wildman–Crippen LogP) is 2.37. The van der Waals surface area contributed by atoms with E-state index in [4.69, 9.17) is 0 Å². The maximum atomic E-state index is 10.2. The highest BCUT2D eigenvalue weighted by Gasteiger charge is 2.11. The average molecular weight is 315 g/mol. The van der Waals surface area contributed by atoms with Gasteiger partial charge in [-0.1, -0.05) is 34.1 Å². The highest BCUT2D eigenvalue weighted by Crippen LogP contribution is 2.25. The second-order valence-corrected chi connectivity index (χ2v) is 5.79. The Hall–Kier alpha value is -0.420. The molecule has 0 aliphatic carbocycles. The molecule has 0 heterocycles. The zero-order valence-electron chi connectivity index (χ0n) is 11.4. The summed E-state index contributed by atoms with van der Waals surface area (Å²) < 4.78 is 0.980. The molecule has 0 radical (unpaired) electrons. The van der Waals surface area contributed by atoms with Gasteiger partial charge >= 0.3 is 0 Å². The number of benzene rings is 1. The number of hydrogen-bond donors (Lipinski definition) is 1. The minimum atomic E-state index is -0.401. The molecule has 102 valence electrons. The molecule has 0 fully saturated rings. The van der Waals surface area contributed by atoms with Crippen LogP contribution in [0.2, 0.25) is 0 Å². The number of likely N-dealkylation sites (N-methyl/N-ethyl adjacent to an activating group) is 2. The molecule has 4 heteroatoms. The minimum Gasteiger partial charge on any atom is -0.388 e. The Morgan fingerprint density at radius 3 is 2.39 bits per heavy atom. The molecule has 0 aliphatic heterocycles. The van der Waals surface area contributed by atoms with Crippen molar-refractivity contribution in [3.05, 3.63) is 34.3 Å². The number of aliphatic hydroxyl groups is 1. The van der Waals surface area contributed by atoms with Crippen molar-refractivity contribution in [1.82, 2.24) is 9.80 Å². The predicted molar refractivity (Wildman–Crippen MR) is 79.8 cm³/mol. The van der Waals surface area contributed by atoms with Crippen LogP contribution in [0.15, 0.2) is 28.7 Å². The lowest BCUT2D eigenvalue weighted by Gasteiger charge is -2.21. The Balaban J connectivity index is 2.37. The largest absolute Gasteiger partial charge is 0.388 e. The van der Waals surface area contributed by atoms with Crippen LogP contribution in [0, 0.1) is 0 Å². The van der Waals surface area contributed by atoms with Crippen molar-refractivity contribution in [2.75, 3.05) is 40.8 Å². The first kappa shape index (κ1) is 15.6. The van der Waals surface area contributed by atoms with E-state index in [1.807, 2.05) is 24.3 Å². The summed E-state index contributed by atoms with van der Waals surface area (Å²) in [7, 11) is 6.24. The van der Waals surface area contributed by atoms with Crippen molar-refractivity contribution in [3.63, 3.8) is 0 Å². The van der Waals surface area contributed by atoms with E-state index in [1.54, 1.807) is 0 Å². The average Bonchev–Trinajstić information content (AvgIpc) is 2.34. The van der Waals surface area contributed by atoms with E-state index in [0.29, 0.717) is 0 Å². The van der Waals surface area contributed by atoms with Crippen LogP contribution in [-0.2, 0) is 0 Å². The summed E-state index contributed by atoms with van der Waals surface area (Å²) >= 11 is 3.47. The fourth-order valence-corrected chi connectivity index (χ4v) is 2.28. The normalized spacial score (nSPS) is 13.3. The Labute approximate surface area is 119 Å². The lowest BCUT2D eigenvalue weighted by molar-refractivity contribution is 0.146. The van der Waals surface area contributed by atoms with Crippen molar-refractivity contribution in [2.24, 2.45) is 0 Å². The van der Waals surface area contributed by atoms with Gasteiger partial charge in [0.25, 0.3) is 0 Å². The molecule has 0 spiro atoms. The number of rotatable bonds is 7. The zero-order chi connectivity index (χ0) is 13.5. The molecule has 0 bridgehead atoms. The van der Waals surface area contributed by atoms with Crippen LogP contribution in [0.1, 0.15) is 18.1 Å². The molecule has 0 aromatic heterocycles. The number of halogens is 1. The monoisotopic (exact) mass is 314 g/mol. The summed E-state index contributed by atoms with van der Waals surface area (Å²) in [6, 6.07) is 7.85. The van der Waals surface area contributed by atoms with E-state index >= 15 is 0 Å². The molecule has 1 rings (SSSR count). The van der Waals surface area contributed by atoms with Crippen LogP contribution in [0.4, 0.5) is 0 Å². The van der Waals surface area contributed by atoms with Gasteiger partial charge < -0.3 is 14.9 Å². The van der Waals surface area contributed by atoms with E-state index in [9.17, 15) is 5.11 Å². The molecule has 0 saturated carbocycles. The van der Waals surface area contributed by atoms with E-state index in [0.717, 1.165) is 36.1 Å². The Morgan fingerprint density at radius 2 is 1.78 bits per heavy atom. The van der Waals surface area contributed by atoms with Crippen molar-refractivity contribution in [1.29, 1.82) is 0 Å². The summed E-state index contributed by atoms with van der Waals surface area (Å²) in [4.78, 5) is 4.42. The zero-order valence-corrected chi connectivity index (χ0v) is 13.0. The Bertz CT molecular complexity index is 357. The van der Waals surface area contributed by atoms with Gasteiger partial charge in [0.05, 0.1) is 6.10 Å². The third-order valence-electron chi connectivity index (χ3n) is 2.98. The third-order valence-corrected chi connectivity index (χ3v) is 3.70. The molecule has 18 heavy (non-hydrogen) atoms. The van der Waals surface area contributed by atoms with Crippen molar-refractivity contribution in [2.45, 2.75) is 12.5 Å². The second kappa shape index (κ2) is 7.89. The van der Waals surface area contributed by atoms with Gasteiger partial charge in [-0.3, -0.25) is 0 Å². The summed E-state index contributed by atoms with van der Waals surface area (Å²) in [5, 5.41) is 10.2.